The Morgan fingerprint density at radius 1 is 1.22 bits per heavy atom. The van der Waals surface area contributed by atoms with Gasteiger partial charge in [0.15, 0.2) is 0 Å². The van der Waals surface area contributed by atoms with Crippen molar-refractivity contribution in [1.29, 1.82) is 0 Å². The summed E-state index contributed by atoms with van der Waals surface area (Å²) in [4.78, 5) is 15.6. The van der Waals surface area contributed by atoms with Gasteiger partial charge in [0.1, 0.15) is 11.5 Å². The van der Waals surface area contributed by atoms with Crippen LogP contribution in [0.1, 0.15) is 18.9 Å². The van der Waals surface area contributed by atoms with E-state index in [9.17, 15) is 4.79 Å². The summed E-state index contributed by atoms with van der Waals surface area (Å²) in [5, 5.41) is 2.79. The lowest BCUT2D eigenvalue weighted by Gasteiger charge is -2.08. The fourth-order valence-corrected chi connectivity index (χ4v) is 1.93. The Hall–Kier alpha value is -2.60. The molecule has 1 aromatic heterocycles. The molecule has 0 saturated carbocycles. The van der Waals surface area contributed by atoms with Crippen molar-refractivity contribution in [2.45, 2.75) is 19.9 Å². The third-order valence-corrected chi connectivity index (χ3v) is 3.02. The number of rotatable bonds is 8. The molecule has 6 nitrogen and oxygen atoms in total. The predicted octanol–water partition coefficient (Wildman–Crippen LogP) is 2.24. The van der Waals surface area contributed by atoms with Gasteiger partial charge in [-0.1, -0.05) is 0 Å². The van der Waals surface area contributed by atoms with Crippen LogP contribution in [0.2, 0.25) is 0 Å². The molecule has 0 saturated heterocycles. The average molecular weight is 315 g/mol. The van der Waals surface area contributed by atoms with Crippen molar-refractivity contribution in [3.8, 4) is 17.4 Å². The zero-order valence-electron chi connectivity index (χ0n) is 13.1. The van der Waals surface area contributed by atoms with Gasteiger partial charge in [-0.3, -0.25) is 4.79 Å². The third kappa shape index (κ3) is 5.60. The lowest BCUT2D eigenvalue weighted by atomic mass is 10.2. The van der Waals surface area contributed by atoms with Crippen LogP contribution in [0.4, 0.5) is 0 Å². The number of nitrogens with zero attached hydrogens (tertiary/aromatic N) is 1. The fraction of sp³-hybridized carbons (Fsp3) is 0.294. The van der Waals surface area contributed by atoms with Crippen LogP contribution in [-0.2, 0) is 11.3 Å². The maximum Gasteiger partial charge on any atom is 0.221 e. The van der Waals surface area contributed by atoms with Crippen molar-refractivity contribution in [2.24, 2.45) is 5.73 Å². The molecular formula is C17H21N3O3. The largest absolute Gasteiger partial charge is 0.494 e. The van der Waals surface area contributed by atoms with Crippen LogP contribution in [0.5, 0.6) is 17.4 Å². The summed E-state index contributed by atoms with van der Waals surface area (Å²) in [7, 11) is 0. The van der Waals surface area contributed by atoms with E-state index >= 15 is 0 Å². The van der Waals surface area contributed by atoms with Gasteiger partial charge >= 0.3 is 0 Å². The van der Waals surface area contributed by atoms with Crippen molar-refractivity contribution >= 4 is 5.91 Å². The molecule has 1 amide bonds. The molecule has 6 heteroatoms. The number of carbonyl (C=O) groups is 1. The van der Waals surface area contributed by atoms with Gasteiger partial charge in [0.25, 0.3) is 0 Å². The summed E-state index contributed by atoms with van der Waals surface area (Å²) in [5.74, 6) is 1.87. The molecule has 0 aliphatic heterocycles. The van der Waals surface area contributed by atoms with Crippen LogP contribution >= 0.6 is 0 Å². The molecule has 2 aromatic rings. The molecule has 0 fully saturated rings. The molecule has 0 bridgehead atoms. The van der Waals surface area contributed by atoms with Crippen molar-refractivity contribution < 1.29 is 14.3 Å². The Morgan fingerprint density at radius 3 is 2.65 bits per heavy atom. The molecule has 1 aromatic carbocycles. The number of nitrogens with one attached hydrogen (secondary N) is 1. The van der Waals surface area contributed by atoms with Gasteiger partial charge in [-0.25, -0.2) is 4.98 Å². The van der Waals surface area contributed by atoms with E-state index in [-0.39, 0.29) is 5.91 Å². The monoisotopic (exact) mass is 315 g/mol. The molecule has 3 N–H and O–H groups in total. The van der Waals surface area contributed by atoms with E-state index in [2.05, 4.69) is 10.3 Å². The highest BCUT2D eigenvalue weighted by Crippen LogP contribution is 2.23. The number of benzene rings is 1. The maximum atomic E-state index is 11.4. The van der Waals surface area contributed by atoms with E-state index in [1.165, 1.54) is 0 Å². The molecule has 0 atom stereocenters. The Balaban J connectivity index is 1.95. The zero-order chi connectivity index (χ0) is 16.5. The summed E-state index contributed by atoms with van der Waals surface area (Å²) in [6.45, 7) is 3.32. The van der Waals surface area contributed by atoms with E-state index < -0.39 is 0 Å². The molecule has 0 aliphatic carbocycles. The molecule has 122 valence electrons. The minimum atomic E-state index is -0.0710. The Morgan fingerprint density at radius 2 is 1.96 bits per heavy atom. The number of pyridine rings is 1. The van der Waals surface area contributed by atoms with Crippen LogP contribution in [0.25, 0.3) is 0 Å². The summed E-state index contributed by atoms with van der Waals surface area (Å²) in [6.07, 6.45) is 1.97. The van der Waals surface area contributed by atoms with Gasteiger partial charge in [0.2, 0.25) is 11.8 Å². The number of ether oxygens (including phenoxy) is 2. The van der Waals surface area contributed by atoms with Gasteiger partial charge in [0, 0.05) is 31.8 Å². The van der Waals surface area contributed by atoms with Crippen molar-refractivity contribution in [1.82, 2.24) is 10.3 Å². The number of hydrogen-bond acceptors (Lipinski definition) is 5. The summed E-state index contributed by atoms with van der Waals surface area (Å²) in [6, 6.07) is 10.9. The Kier molecular flexibility index (Phi) is 6.38. The Labute approximate surface area is 135 Å². The molecule has 23 heavy (non-hydrogen) atoms. The van der Waals surface area contributed by atoms with Gasteiger partial charge in [0.05, 0.1) is 6.61 Å². The molecule has 0 aliphatic rings. The minimum Gasteiger partial charge on any atom is -0.494 e. The van der Waals surface area contributed by atoms with Crippen LogP contribution < -0.4 is 20.5 Å². The number of nitrogens with two attached hydrogens (primary N) is 1. The first-order valence-corrected chi connectivity index (χ1v) is 7.53. The topological polar surface area (TPSA) is 86.5 Å². The average Bonchev–Trinajstić information content (AvgIpc) is 2.56. The van der Waals surface area contributed by atoms with E-state index in [0.717, 1.165) is 11.3 Å². The van der Waals surface area contributed by atoms with Crippen molar-refractivity contribution in [2.75, 3.05) is 13.2 Å². The normalized spacial score (nSPS) is 10.2. The first-order valence-electron chi connectivity index (χ1n) is 7.53. The van der Waals surface area contributed by atoms with Crippen LogP contribution in [0.3, 0.4) is 0 Å². The zero-order valence-corrected chi connectivity index (χ0v) is 13.1. The van der Waals surface area contributed by atoms with Crippen LogP contribution in [0, 0.1) is 0 Å². The second-order valence-electron chi connectivity index (χ2n) is 4.82. The molecule has 0 unspecified atom stereocenters. The Bertz CT molecular complexity index is 629. The first-order chi connectivity index (χ1) is 11.2. The standard InChI is InChI=1S/C17H21N3O3/c1-2-22-14-3-5-15(6-4-14)23-17-11-13(8-10-19-17)12-20-16(21)7-9-18/h3-6,8,10-11H,2,7,9,12,18H2,1H3,(H,20,21). The smallest absolute Gasteiger partial charge is 0.221 e. The lowest BCUT2D eigenvalue weighted by molar-refractivity contribution is -0.121. The van der Waals surface area contributed by atoms with Gasteiger partial charge in [-0.05, 0) is 42.8 Å². The lowest BCUT2D eigenvalue weighted by Crippen LogP contribution is -2.24. The molecule has 0 radical (unpaired) electrons. The third-order valence-electron chi connectivity index (χ3n) is 3.02. The maximum absolute atomic E-state index is 11.4. The fourth-order valence-electron chi connectivity index (χ4n) is 1.93. The summed E-state index contributed by atoms with van der Waals surface area (Å²) < 4.78 is 11.1. The van der Waals surface area contributed by atoms with Gasteiger partial charge < -0.3 is 20.5 Å². The van der Waals surface area contributed by atoms with Gasteiger partial charge in [-0.15, -0.1) is 0 Å². The second kappa shape index (κ2) is 8.75. The van der Waals surface area contributed by atoms with E-state index in [1.54, 1.807) is 12.3 Å². The summed E-state index contributed by atoms with van der Waals surface area (Å²) >= 11 is 0. The highest BCUT2D eigenvalue weighted by Gasteiger charge is 2.03. The number of amides is 1. The molecule has 2 rings (SSSR count). The van der Waals surface area contributed by atoms with Crippen LogP contribution in [0.15, 0.2) is 42.6 Å². The highest BCUT2D eigenvalue weighted by molar-refractivity contribution is 5.76. The number of aromatic nitrogens is 1. The number of carbonyl (C=O) groups excluding carboxylic acids is 1. The van der Waals surface area contributed by atoms with Gasteiger partial charge in [-0.2, -0.15) is 0 Å². The molecule has 0 spiro atoms. The quantitative estimate of drug-likeness (QED) is 0.780. The minimum absolute atomic E-state index is 0.0710. The first kappa shape index (κ1) is 16.8. The predicted molar refractivity (Wildman–Crippen MR) is 87.4 cm³/mol. The van der Waals surface area contributed by atoms with E-state index in [4.69, 9.17) is 15.2 Å². The van der Waals surface area contributed by atoms with Crippen molar-refractivity contribution in [3.63, 3.8) is 0 Å². The van der Waals surface area contributed by atoms with E-state index in [1.807, 2.05) is 37.3 Å². The molecule has 1 heterocycles. The summed E-state index contributed by atoms with van der Waals surface area (Å²) in [5.41, 5.74) is 6.25. The second-order valence-corrected chi connectivity index (χ2v) is 4.82. The SMILES string of the molecule is CCOc1ccc(Oc2cc(CNC(=O)CCN)ccn2)cc1. The highest BCUT2D eigenvalue weighted by atomic mass is 16.5. The van der Waals surface area contributed by atoms with Crippen molar-refractivity contribution in [3.05, 3.63) is 48.2 Å². The van der Waals surface area contributed by atoms with Crippen LogP contribution in [-0.4, -0.2) is 24.0 Å². The van der Waals surface area contributed by atoms with E-state index in [0.29, 0.717) is 37.7 Å². The number of hydrogen-bond donors (Lipinski definition) is 2. The molecular weight excluding hydrogens is 294 g/mol.